The predicted molar refractivity (Wildman–Crippen MR) is 101 cm³/mol. The van der Waals surface area contributed by atoms with Crippen molar-refractivity contribution in [2.45, 2.75) is 19.4 Å². The summed E-state index contributed by atoms with van der Waals surface area (Å²) in [4.78, 5) is 14.9. The predicted octanol–water partition coefficient (Wildman–Crippen LogP) is 2.39. The molecule has 8 heteroatoms. The minimum Gasteiger partial charge on any atom is -0.396 e. The number of fused-ring (bicyclic) bond motifs is 1. The molecule has 0 aromatic carbocycles. The van der Waals surface area contributed by atoms with Gasteiger partial charge in [-0.05, 0) is 49.5 Å². The molecule has 2 aromatic rings. The number of anilines is 1. The number of thiophene rings is 1. The third-order valence-corrected chi connectivity index (χ3v) is 6.31. The number of aliphatic hydroxyl groups is 1. The van der Waals surface area contributed by atoms with E-state index in [1.807, 2.05) is 0 Å². The van der Waals surface area contributed by atoms with Gasteiger partial charge in [-0.1, -0.05) is 0 Å². The summed E-state index contributed by atoms with van der Waals surface area (Å²) in [6.07, 6.45) is 2.15. The lowest BCUT2D eigenvalue weighted by Crippen LogP contribution is -2.36. The van der Waals surface area contributed by atoms with Crippen molar-refractivity contribution in [3.8, 4) is 0 Å². The van der Waals surface area contributed by atoms with E-state index in [0.717, 1.165) is 74.8 Å². The van der Waals surface area contributed by atoms with Gasteiger partial charge in [-0.3, -0.25) is 4.90 Å². The first kappa shape index (κ1) is 17.4. The number of halogens is 1. The quantitative estimate of drug-likeness (QED) is 0.819. The fraction of sp³-hybridized carbons (Fsp3) is 0.647. The van der Waals surface area contributed by atoms with E-state index < -0.39 is 0 Å². The van der Waals surface area contributed by atoms with Crippen molar-refractivity contribution in [3.63, 3.8) is 0 Å². The third-order valence-electron chi connectivity index (χ3n) is 5.03. The minimum atomic E-state index is 0.308. The maximum absolute atomic E-state index is 9.28. The summed E-state index contributed by atoms with van der Waals surface area (Å²) in [7, 11) is 0. The Balaban J connectivity index is 1.55. The lowest BCUT2D eigenvalue weighted by Gasteiger charge is -2.30. The van der Waals surface area contributed by atoms with Crippen molar-refractivity contribution in [1.82, 2.24) is 14.9 Å². The molecule has 2 aliphatic rings. The topological polar surface area (TPSA) is 61.7 Å². The van der Waals surface area contributed by atoms with E-state index in [4.69, 9.17) is 16.3 Å². The van der Waals surface area contributed by atoms with Gasteiger partial charge in [0.15, 0.2) is 5.82 Å². The van der Waals surface area contributed by atoms with Gasteiger partial charge in [0.05, 0.1) is 23.4 Å². The molecule has 25 heavy (non-hydrogen) atoms. The summed E-state index contributed by atoms with van der Waals surface area (Å²) in [5, 5.41) is 9.59. The SMILES string of the molecule is OCC1CCN(Cc2cc3nc(Cl)nc(N4CCOCC4)c3s2)CC1. The molecule has 0 spiro atoms. The standard InChI is InChI=1S/C17H23ClN4O2S/c18-17-19-14-9-13(10-21-3-1-12(11-23)2-4-21)25-15(14)16(20-17)22-5-7-24-8-6-22/h9,12,23H,1-8,10-11H2. The van der Waals surface area contributed by atoms with Crippen molar-refractivity contribution < 1.29 is 9.84 Å². The maximum atomic E-state index is 9.28. The van der Waals surface area contributed by atoms with Crippen LogP contribution in [-0.4, -0.2) is 66.0 Å². The van der Waals surface area contributed by atoms with Crippen LogP contribution in [0.3, 0.4) is 0 Å². The van der Waals surface area contributed by atoms with E-state index in [9.17, 15) is 5.11 Å². The highest BCUT2D eigenvalue weighted by Gasteiger charge is 2.22. The van der Waals surface area contributed by atoms with Gasteiger partial charge in [-0.2, -0.15) is 4.98 Å². The van der Waals surface area contributed by atoms with Crippen molar-refractivity contribution in [2.75, 3.05) is 50.9 Å². The third kappa shape index (κ3) is 3.90. The van der Waals surface area contributed by atoms with Crippen molar-refractivity contribution in [1.29, 1.82) is 0 Å². The molecule has 0 saturated carbocycles. The van der Waals surface area contributed by atoms with E-state index in [-0.39, 0.29) is 0 Å². The van der Waals surface area contributed by atoms with Crippen LogP contribution in [-0.2, 0) is 11.3 Å². The molecule has 0 radical (unpaired) electrons. The molecule has 0 atom stereocenters. The van der Waals surface area contributed by atoms with Crippen LogP contribution >= 0.6 is 22.9 Å². The van der Waals surface area contributed by atoms with Crippen LogP contribution in [0, 0.1) is 5.92 Å². The first-order valence-corrected chi connectivity index (χ1v) is 10.0. The molecule has 2 saturated heterocycles. The largest absolute Gasteiger partial charge is 0.396 e. The van der Waals surface area contributed by atoms with Gasteiger partial charge in [0.1, 0.15) is 0 Å². The summed E-state index contributed by atoms with van der Waals surface area (Å²) < 4.78 is 6.57. The van der Waals surface area contributed by atoms with Crippen molar-refractivity contribution in [3.05, 3.63) is 16.2 Å². The Labute approximate surface area is 156 Å². The zero-order chi connectivity index (χ0) is 17.2. The van der Waals surface area contributed by atoms with Gasteiger partial charge in [-0.15, -0.1) is 11.3 Å². The van der Waals surface area contributed by atoms with Gasteiger partial charge in [-0.25, -0.2) is 4.98 Å². The van der Waals surface area contributed by atoms with E-state index >= 15 is 0 Å². The Bertz CT molecular complexity index is 727. The van der Waals surface area contributed by atoms with Crippen LogP contribution in [0.15, 0.2) is 6.07 Å². The average molecular weight is 383 g/mol. The number of hydrogen-bond acceptors (Lipinski definition) is 7. The number of ether oxygens (including phenoxy) is 1. The lowest BCUT2D eigenvalue weighted by molar-refractivity contribution is 0.122. The second-order valence-electron chi connectivity index (χ2n) is 6.74. The highest BCUT2D eigenvalue weighted by atomic mass is 35.5. The van der Waals surface area contributed by atoms with Gasteiger partial charge >= 0.3 is 0 Å². The first-order valence-electron chi connectivity index (χ1n) is 8.85. The highest BCUT2D eigenvalue weighted by Crippen LogP contribution is 2.34. The number of likely N-dealkylation sites (tertiary alicyclic amines) is 1. The summed E-state index contributed by atoms with van der Waals surface area (Å²) in [5.74, 6) is 1.41. The van der Waals surface area contributed by atoms with E-state index in [1.54, 1.807) is 11.3 Å². The number of nitrogens with zero attached hydrogens (tertiary/aromatic N) is 4. The second-order valence-corrected chi connectivity index (χ2v) is 8.22. The van der Waals surface area contributed by atoms with Crippen LogP contribution < -0.4 is 4.90 Å². The number of aliphatic hydroxyl groups excluding tert-OH is 1. The Hall–Kier alpha value is -0.990. The number of rotatable bonds is 4. The molecule has 0 amide bonds. The Morgan fingerprint density at radius 2 is 1.96 bits per heavy atom. The number of hydrogen-bond donors (Lipinski definition) is 1. The van der Waals surface area contributed by atoms with Gasteiger partial charge in [0.25, 0.3) is 0 Å². The number of piperidine rings is 1. The smallest absolute Gasteiger partial charge is 0.224 e. The van der Waals surface area contributed by atoms with Crippen LogP contribution in [0.25, 0.3) is 10.2 Å². The fourth-order valence-electron chi connectivity index (χ4n) is 3.55. The normalized spacial score (nSPS) is 20.5. The van der Waals surface area contributed by atoms with E-state index in [2.05, 4.69) is 25.8 Å². The summed E-state index contributed by atoms with van der Waals surface area (Å²) in [5.41, 5.74) is 0.937. The van der Waals surface area contributed by atoms with Crippen molar-refractivity contribution in [2.24, 2.45) is 5.92 Å². The number of morpholine rings is 1. The molecule has 6 nitrogen and oxygen atoms in total. The fourth-order valence-corrected chi connectivity index (χ4v) is 4.88. The summed E-state index contributed by atoms with van der Waals surface area (Å²) in [6, 6.07) is 2.15. The molecule has 0 aliphatic carbocycles. The van der Waals surface area contributed by atoms with Crippen LogP contribution in [0.2, 0.25) is 5.28 Å². The van der Waals surface area contributed by atoms with E-state index in [0.29, 0.717) is 17.8 Å². The summed E-state index contributed by atoms with van der Waals surface area (Å²) >= 11 is 7.94. The molecular weight excluding hydrogens is 360 g/mol. The van der Waals surface area contributed by atoms with Crippen LogP contribution in [0.4, 0.5) is 5.82 Å². The Morgan fingerprint density at radius 1 is 1.20 bits per heavy atom. The highest BCUT2D eigenvalue weighted by molar-refractivity contribution is 7.19. The molecule has 0 bridgehead atoms. The molecule has 2 aromatic heterocycles. The van der Waals surface area contributed by atoms with Gasteiger partial charge < -0.3 is 14.7 Å². The van der Waals surface area contributed by atoms with Gasteiger partial charge in [0.2, 0.25) is 5.28 Å². The van der Waals surface area contributed by atoms with Crippen molar-refractivity contribution >= 4 is 39.0 Å². The molecule has 2 aliphatic heterocycles. The molecule has 136 valence electrons. The molecule has 2 fully saturated rings. The Kier molecular flexibility index (Phi) is 5.38. The number of aromatic nitrogens is 2. The van der Waals surface area contributed by atoms with Crippen LogP contribution in [0.5, 0.6) is 0 Å². The molecule has 4 heterocycles. The lowest BCUT2D eigenvalue weighted by atomic mass is 9.98. The van der Waals surface area contributed by atoms with E-state index in [1.165, 1.54) is 4.88 Å². The molecule has 4 rings (SSSR count). The monoisotopic (exact) mass is 382 g/mol. The summed E-state index contributed by atoms with van der Waals surface area (Å²) in [6.45, 7) is 6.45. The molecule has 0 unspecified atom stereocenters. The minimum absolute atomic E-state index is 0.308. The van der Waals surface area contributed by atoms with Gasteiger partial charge in [0, 0.05) is 31.1 Å². The maximum Gasteiger partial charge on any atom is 0.224 e. The second kappa shape index (κ2) is 7.72. The Morgan fingerprint density at radius 3 is 2.68 bits per heavy atom. The zero-order valence-corrected chi connectivity index (χ0v) is 15.7. The molecular formula is C17H23ClN4O2S. The van der Waals surface area contributed by atoms with Crippen LogP contribution in [0.1, 0.15) is 17.7 Å². The average Bonchev–Trinajstić information content (AvgIpc) is 3.04. The first-order chi connectivity index (χ1) is 12.2. The molecule has 1 N–H and O–H groups in total. The zero-order valence-electron chi connectivity index (χ0n) is 14.2.